The molecule has 0 aromatic rings. The monoisotopic (exact) mass is 1120 g/mol. The molecule has 482 valence electrons. The number of ether oxygens (including phenoxy) is 2. The summed E-state index contributed by atoms with van der Waals surface area (Å²) in [6, 6.07) is 0. The van der Waals surface area contributed by atoms with Crippen LogP contribution in [0.1, 0.15) is 287 Å². The zero-order valence-corrected chi connectivity index (χ0v) is 52.9. The summed E-state index contributed by atoms with van der Waals surface area (Å²) in [4.78, 5) is 15.0. The largest absolute Gasteiger partial charge is 0.381 e. The molecule has 0 spiro atoms. The van der Waals surface area contributed by atoms with Crippen molar-refractivity contribution in [3.8, 4) is 0 Å². The fourth-order valence-electron chi connectivity index (χ4n) is 11.1. The lowest BCUT2D eigenvalue weighted by atomic mass is 9.72. The fourth-order valence-corrected chi connectivity index (χ4v) is 11.1. The molecular formula is C70H160N6O2. The number of piperazine rings is 1. The topological polar surface area (TPSA) is 37.9 Å². The van der Waals surface area contributed by atoms with Crippen molar-refractivity contribution in [2.75, 3.05) is 119 Å². The maximum absolute atomic E-state index is 5.29. The predicted molar refractivity (Wildman–Crippen MR) is 363 cm³/mol. The molecule has 7 fully saturated rings. The number of nitrogens with zero attached hydrogens (tertiary/aromatic N) is 6. The third-order valence-corrected chi connectivity index (χ3v) is 17.0. The van der Waals surface area contributed by atoms with Gasteiger partial charge in [0.25, 0.3) is 0 Å². The van der Waals surface area contributed by atoms with Crippen molar-refractivity contribution < 1.29 is 9.47 Å². The van der Waals surface area contributed by atoms with Crippen molar-refractivity contribution in [1.82, 2.24) is 29.4 Å². The number of likely N-dealkylation sites (N-methyl/N-ethyl adjacent to an activating group) is 1. The number of morpholine rings is 1. The van der Waals surface area contributed by atoms with Gasteiger partial charge in [0.1, 0.15) is 0 Å². The van der Waals surface area contributed by atoms with Gasteiger partial charge < -0.3 is 19.3 Å². The van der Waals surface area contributed by atoms with Crippen LogP contribution in [0.4, 0.5) is 0 Å². The minimum atomic E-state index is 0. The summed E-state index contributed by atoms with van der Waals surface area (Å²) in [6.45, 7) is 67.2. The lowest BCUT2D eigenvalue weighted by Gasteiger charge is -2.41. The number of hydrogen-bond donors (Lipinski definition) is 0. The summed E-state index contributed by atoms with van der Waals surface area (Å²) in [7, 11) is 4.42. The maximum atomic E-state index is 5.29. The van der Waals surface area contributed by atoms with Crippen molar-refractivity contribution >= 4 is 0 Å². The summed E-state index contributed by atoms with van der Waals surface area (Å²) in [5, 5.41) is 0. The minimum Gasteiger partial charge on any atom is -0.381 e. The standard InChI is InChI=1S/C10H21N.C10H20.C9H20N2.C9H19N.C9H18O.C8H17NO.C8H17N.7CH4/c1-10(2,3)9-5-7-11(4)8-6-9;1-10(2,3)9-7-5-4-6-8-9;1-9(2,3)11-7-5-10(4)6-8-11;1-9(2,3)10-7-5-4-6-8-10;1-9(2,3)8-4-6-10-7-5-8;1-8(2,3)9-4-6-10-7-5-9;1-8(2,3)9-6-4-5-7-9;;;;;;;/h9H,5-8H2,1-4H3;9H,4-8H2,1-3H3;5-8H2,1-4H3;4-8H2,1-3H3;8H,4-7H2,1-3H3;4-7H2,1-3H3;4-7H2,1-3H3;7*1H4. The molecule has 7 rings (SSSR count). The third kappa shape index (κ3) is 41.6. The van der Waals surface area contributed by atoms with Gasteiger partial charge in [0.15, 0.2) is 0 Å². The normalized spacial score (nSPS) is 21.3. The Morgan fingerprint density at radius 2 is 0.487 bits per heavy atom. The highest BCUT2D eigenvalue weighted by atomic mass is 16.5. The van der Waals surface area contributed by atoms with Crippen LogP contribution in [0.3, 0.4) is 0 Å². The number of likely N-dealkylation sites (tertiary alicyclic amines) is 3. The van der Waals surface area contributed by atoms with Crippen molar-refractivity contribution in [1.29, 1.82) is 0 Å². The Balaban J connectivity index is -0.000000149. The second kappa shape index (κ2) is 43.3. The molecule has 8 heteroatoms. The Bertz CT molecular complexity index is 1130. The van der Waals surface area contributed by atoms with Gasteiger partial charge in [-0.15, -0.1) is 0 Å². The Morgan fingerprint density at radius 1 is 0.244 bits per heavy atom. The van der Waals surface area contributed by atoms with E-state index in [9.17, 15) is 0 Å². The summed E-state index contributed by atoms with van der Waals surface area (Å²) in [5.74, 6) is 2.82. The molecule has 1 aliphatic carbocycles. The summed E-state index contributed by atoms with van der Waals surface area (Å²) < 4.78 is 10.5. The van der Waals surface area contributed by atoms with Gasteiger partial charge in [0, 0.05) is 74.6 Å². The Labute approximate surface area is 499 Å². The zero-order valence-electron chi connectivity index (χ0n) is 52.9. The van der Waals surface area contributed by atoms with E-state index in [1.165, 1.54) is 155 Å². The van der Waals surface area contributed by atoms with E-state index in [1.807, 2.05) is 0 Å². The SMILES string of the molecule is C.C.C.C.C.C.C.CC(C)(C)C1CCCCC1.CC(C)(C)C1CCOCC1.CC(C)(C)N1CCCC1.CC(C)(C)N1CCCCC1.CC(C)(C)N1CCOCC1.CN1CCC(C(C)(C)C)CC1.CN1CCN(C(C)(C)C)CC1. The molecule has 0 N–H and O–H groups in total. The van der Waals surface area contributed by atoms with Crippen molar-refractivity contribution in [2.24, 2.45) is 34.0 Å². The molecule has 6 heterocycles. The zero-order chi connectivity index (χ0) is 54.3. The van der Waals surface area contributed by atoms with E-state index in [-0.39, 0.29) is 52.0 Å². The molecule has 8 nitrogen and oxygen atoms in total. The molecule has 0 unspecified atom stereocenters. The van der Waals surface area contributed by atoms with Gasteiger partial charge in [0.05, 0.1) is 13.2 Å². The highest BCUT2D eigenvalue weighted by Gasteiger charge is 2.30. The van der Waals surface area contributed by atoms with Gasteiger partial charge in [0.2, 0.25) is 0 Å². The molecule has 1 saturated carbocycles. The number of rotatable bonds is 0. The lowest BCUT2D eigenvalue weighted by molar-refractivity contribution is -0.00389. The first kappa shape index (κ1) is 91.4. The Morgan fingerprint density at radius 3 is 0.756 bits per heavy atom. The molecule has 0 radical (unpaired) electrons. The lowest BCUT2D eigenvalue weighted by Crippen LogP contribution is -2.52. The molecule has 0 amide bonds. The molecule has 0 aromatic heterocycles. The van der Waals surface area contributed by atoms with Gasteiger partial charge in [-0.1, -0.05) is 140 Å². The average Bonchev–Trinajstić information content (AvgIpc) is 3.85. The van der Waals surface area contributed by atoms with Gasteiger partial charge in [-0.25, -0.2) is 0 Å². The fraction of sp³-hybridized carbons (Fsp3) is 1.00. The third-order valence-electron chi connectivity index (χ3n) is 17.0. The molecule has 6 saturated heterocycles. The van der Waals surface area contributed by atoms with E-state index in [0.717, 1.165) is 57.3 Å². The van der Waals surface area contributed by atoms with Crippen LogP contribution in [0, 0.1) is 34.0 Å². The van der Waals surface area contributed by atoms with E-state index in [4.69, 9.17) is 9.47 Å². The van der Waals surface area contributed by atoms with Crippen molar-refractivity contribution in [2.45, 2.75) is 309 Å². The van der Waals surface area contributed by atoms with Gasteiger partial charge >= 0.3 is 0 Å². The molecule has 7 aliphatic rings. The van der Waals surface area contributed by atoms with Crippen LogP contribution < -0.4 is 0 Å². The van der Waals surface area contributed by atoms with E-state index < -0.39 is 0 Å². The minimum absolute atomic E-state index is 0. The first-order valence-electron chi connectivity index (χ1n) is 30.1. The van der Waals surface area contributed by atoms with Crippen LogP contribution in [0.5, 0.6) is 0 Å². The number of piperidine rings is 2. The smallest absolute Gasteiger partial charge is 0.0594 e. The van der Waals surface area contributed by atoms with Crippen molar-refractivity contribution in [3.63, 3.8) is 0 Å². The van der Waals surface area contributed by atoms with Gasteiger partial charge in [-0.3, -0.25) is 19.6 Å². The van der Waals surface area contributed by atoms with Gasteiger partial charge in [-0.05, 0) is 235 Å². The molecule has 78 heavy (non-hydrogen) atoms. The highest BCUT2D eigenvalue weighted by Crippen LogP contribution is 2.38. The van der Waals surface area contributed by atoms with Crippen LogP contribution in [-0.4, -0.2) is 171 Å². The van der Waals surface area contributed by atoms with Crippen LogP contribution in [0.15, 0.2) is 0 Å². The van der Waals surface area contributed by atoms with Crippen LogP contribution in [-0.2, 0) is 9.47 Å². The van der Waals surface area contributed by atoms with E-state index in [2.05, 4.69) is 189 Å². The summed E-state index contributed by atoms with van der Waals surface area (Å²) in [6.07, 6.45) is 19.7. The Hall–Kier alpha value is -0.320. The highest BCUT2D eigenvalue weighted by molar-refractivity contribution is 4.83. The first-order chi connectivity index (χ1) is 32.5. The molecule has 0 atom stereocenters. The van der Waals surface area contributed by atoms with E-state index in [0.29, 0.717) is 38.4 Å². The molecule has 0 aromatic carbocycles. The maximum Gasteiger partial charge on any atom is 0.0594 e. The quantitative estimate of drug-likeness (QED) is 0.238. The van der Waals surface area contributed by atoms with E-state index >= 15 is 0 Å². The second-order valence-corrected chi connectivity index (χ2v) is 30.2. The van der Waals surface area contributed by atoms with Crippen LogP contribution >= 0.6 is 0 Å². The molecule has 0 bridgehead atoms. The van der Waals surface area contributed by atoms with Gasteiger partial charge in [-0.2, -0.15) is 0 Å². The summed E-state index contributed by atoms with van der Waals surface area (Å²) in [5.41, 5.74) is 3.09. The average molecular weight is 1120 g/mol. The van der Waals surface area contributed by atoms with Crippen LogP contribution in [0.2, 0.25) is 0 Å². The first-order valence-corrected chi connectivity index (χ1v) is 30.1. The van der Waals surface area contributed by atoms with E-state index in [1.54, 1.807) is 0 Å². The van der Waals surface area contributed by atoms with Crippen LogP contribution in [0.25, 0.3) is 0 Å². The molecule has 6 aliphatic heterocycles. The number of hydrogen-bond acceptors (Lipinski definition) is 8. The second-order valence-electron chi connectivity index (χ2n) is 30.2. The Kier molecular flexibility index (Phi) is 50.8. The predicted octanol–water partition coefficient (Wildman–Crippen LogP) is 19.2. The molecular weight excluding hydrogens is 957 g/mol. The van der Waals surface area contributed by atoms with Crippen molar-refractivity contribution in [3.05, 3.63) is 0 Å². The summed E-state index contributed by atoms with van der Waals surface area (Å²) >= 11 is 0.